The molecule has 1 fully saturated rings. The van der Waals surface area contributed by atoms with Crippen molar-refractivity contribution in [3.63, 3.8) is 0 Å². The molecule has 10 nitrogen and oxygen atoms in total. The van der Waals surface area contributed by atoms with Gasteiger partial charge in [0, 0.05) is 50.4 Å². The van der Waals surface area contributed by atoms with Gasteiger partial charge in [0.2, 0.25) is 0 Å². The van der Waals surface area contributed by atoms with Crippen molar-refractivity contribution in [1.82, 2.24) is 9.80 Å². The van der Waals surface area contributed by atoms with Gasteiger partial charge >= 0.3 is 0 Å². The molecule has 1 aliphatic heterocycles. The normalized spacial score (nSPS) is 17.3. The summed E-state index contributed by atoms with van der Waals surface area (Å²) in [6.45, 7) is 15.4. The fraction of sp³-hybridized carbons (Fsp3) is 0.529. The van der Waals surface area contributed by atoms with E-state index in [9.17, 15) is 10.2 Å². The Morgan fingerprint density at radius 2 is 0.955 bits per heavy atom. The third kappa shape index (κ3) is 11.8. The van der Waals surface area contributed by atoms with Gasteiger partial charge in [-0.2, -0.15) is 0 Å². The van der Waals surface area contributed by atoms with E-state index in [0.29, 0.717) is 116 Å². The van der Waals surface area contributed by atoms with Crippen molar-refractivity contribution >= 4 is 0 Å². The Hall–Kier alpha value is -3.12. The summed E-state index contributed by atoms with van der Waals surface area (Å²) in [5.74, 6) is 1.21. The highest BCUT2D eigenvalue weighted by atomic mass is 16.5. The third-order valence-corrected chi connectivity index (χ3v) is 7.37. The molecule has 1 saturated heterocycles. The van der Waals surface area contributed by atoms with E-state index < -0.39 is 0 Å². The molecular formula is C34H50N2O8. The minimum absolute atomic E-state index is 0.149. The summed E-state index contributed by atoms with van der Waals surface area (Å²) in [7, 11) is 3.12. The van der Waals surface area contributed by atoms with Crippen molar-refractivity contribution < 1.29 is 38.6 Å². The van der Waals surface area contributed by atoms with Crippen LogP contribution in [0.25, 0.3) is 0 Å². The predicted octanol–water partition coefficient (Wildman–Crippen LogP) is 3.96. The van der Waals surface area contributed by atoms with Gasteiger partial charge in [-0.05, 0) is 36.1 Å². The Bertz CT molecular complexity index is 1050. The quantitative estimate of drug-likeness (QED) is 0.383. The zero-order valence-corrected chi connectivity index (χ0v) is 26.4. The fourth-order valence-corrected chi connectivity index (χ4v) is 5.02. The summed E-state index contributed by atoms with van der Waals surface area (Å²) >= 11 is 0. The van der Waals surface area contributed by atoms with Crippen molar-refractivity contribution in [2.45, 2.75) is 25.9 Å². The van der Waals surface area contributed by atoms with Crippen LogP contribution in [0.5, 0.6) is 23.0 Å². The van der Waals surface area contributed by atoms with Gasteiger partial charge in [-0.3, -0.25) is 9.80 Å². The second-order valence-corrected chi connectivity index (χ2v) is 10.6. The predicted molar refractivity (Wildman–Crippen MR) is 171 cm³/mol. The molecule has 0 aliphatic carbocycles. The number of phenolic OH excluding ortho intramolecular Hbond substituents is 2. The molecule has 244 valence electrons. The molecule has 44 heavy (non-hydrogen) atoms. The maximum absolute atomic E-state index is 10.8. The van der Waals surface area contributed by atoms with Crippen molar-refractivity contribution in [1.29, 1.82) is 0 Å². The molecule has 1 heterocycles. The summed E-state index contributed by atoms with van der Waals surface area (Å²) in [5, 5.41) is 21.5. The molecule has 0 bridgehead atoms. The van der Waals surface area contributed by atoms with E-state index in [0.717, 1.165) is 22.3 Å². The molecule has 0 spiro atoms. The summed E-state index contributed by atoms with van der Waals surface area (Å²) in [6.07, 6.45) is 5.05. The van der Waals surface area contributed by atoms with Crippen molar-refractivity contribution in [2.24, 2.45) is 0 Å². The standard InChI is InChI=1S/C34H50N2O8/c1-5-7-27-21-29(33(37)31(23-27)39-3)25-35-9-13-41-17-19-43-15-11-36(12-16-44-20-18-42-14-10-35)26-30-22-28(8-6-2)24-32(40-4)34(30)38/h5-6,21-24,37-38H,1-2,7-20,25-26H2,3-4H3. The summed E-state index contributed by atoms with van der Waals surface area (Å²) in [6, 6.07) is 7.67. The Morgan fingerprint density at radius 3 is 1.25 bits per heavy atom. The summed E-state index contributed by atoms with van der Waals surface area (Å²) < 4.78 is 34.4. The van der Waals surface area contributed by atoms with Crippen LogP contribution < -0.4 is 9.47 Å². The van der Waals surface area contributed by atoms with Gasteiger partial charge in [0.25, 0.3) is 0 Å². The van der Waals surface area contributed by atoms with Gasteiger partial charge in [0.1, 0.15) is 0 Å². The van der Waals surface area contributed by atoms with Gasteiger partial charge in [0.05, 0.1) is 67.1 Å². The number of phenols is 2. The second kappa shape index (κ2) is 20.0. The Labute approximate surface area is 262 Å². The Morgan fingerprint density at radius 1 is 0.614 bits per heavy atom. The highest BCUT2D eigenvalue weighted by molar-refractivity contribution is 5.49. The first kappa shape index (κ1) is 35.4. The number of ether oxygens (including phenoxy) is 6. The summed E-state index contributed by atoms with van der Waals surface area (Å²) in [4.78, 5) is 4.40. The number of methoxy groups -OCH3 is 2. The molecule has 0 saturated carbocycles. The summed E-state index contributed by atoms with van der Waals surface area (Å²) in [5.41, 5.74) is 3.64. The van der Waals surface area contributed by atoms with Gasteiger partial charge < -0.3 is 38.6 Å². The molecule has 1 aliphatic rings. The topological polar surface area (TPSA) is 102 Å². The first-order valence-corrected chi connectivity index (χ1v) is 15.2. The van der Waals surface area contributed by atoms with Crippen LogP contribution in [0.3, 0.4) is 0 Å². The lowest BCUT2D eigenvalue weighted by Crippen LogP contribution is -2.32. The molecule has 0 aromatic heterocycles. The van der Waals surface area contributed by atoms with Crippen LogP contribution in [0.15, 0.2) is 49.6 Å². The average Bonchev–Trinajstić information content (AvgIpc) is 3.01. The van der Waals surface area contributed by atoms with Crippen LogP contribution in [0.4, 0.5) is 0 Å². The van der Waals surface area contributed by atoms with Gasteiger partial charge in [-0.25, -0.2) is 0 Å². The Balaban J connectivity index is 1.57. The highest BCUT2D eigenvalue weighted by Gasteiger charge is 2.16. The largest absolute Gasteiger partial charge is 0.504 e. The maximum Gasteiger partial charge on any atom is 0.162 e. The number of allylic oxidation sites excluding steroid dienone is 2. The monoisotopic (exact) mass is 614 g/mol. The van der Waals surface area contributed by atoms with E-state index in [2.05, 4.69) is 23.0 Å². The first-order chi connectivity index (χ1) is 21.5. The highest BCUT2D eigenvalue weighted by Crippen LogP contribution is 2.33. The number of hydrogen-bond donors (Lipinski definition) is 2. The van der Waals surface area contributed by atoms with E-state index in [1.54, 1.807) is 14.2 Å². The third-order valence-electron chi connectivity index (χ3n) is 7.37. The van der Waals surface area contributed by atoms with Crippen LogP contribution in [0, 0.1) is 0 Å². The molecule has 2 N–H and O–H groups in total. The first-order valence-electron chi connectivity index (χ1n) is 15.2. The van der Waals surface area contributed by atoms with E-state index in [4.69, 9.17) is 28.4 Å². The minimum Gasteiger partial charge on any atom is -0.504 e. The number of benzene rings is 2. The van der Waals surface area contributed by atoms with E-state index in [1.807, 2.05) is 36.4 Å². The lowest BCUT2D eigenvalue weighted by molar-refractivity contribution is 0.00609. The van der Waals surface area contributed by atoms with Crippen molar-refractivity contribution in [3.8, 4) is 23.0 Å². The molecule has 0 amide bonds. The minimum atomic E-state index is 0.149. The molecule has 10 heteroatoms. The molecular weight excluding hydrogens is 564 g/mol. The molecule has 0 atom stereocenters. The lowest BCUT2D eigenvalue weighted by Gasteiger charge is -2.25. The molecule has 2 aromatic rings. The van der Waals surface area contributed by atoms with Crippen molar-refractivity contribution in [3.05, 3.63) is 71.8 Å². The zero-order chi connectivity index (χ0) is 31.6. The van der Waals surface area contributed by atoms with Gasteiger partial charge in [-0.1, -0.05) is 24.3 Å². The smallest absolute Gasteiger partial charge is 0.162 e. The lowest BCUT2D eigenvalue weighted by atomic mass is 10.1. The van der Waals surface area contributed by atoms with Crippen molar-refractivity contribution in [2.75, 3.05) is 93.3 Å². The number of aromatic hydroxyl groups is 2. The van der Waals surface area contributed by atoms with Crippen LogP contribution in [0.1, 0.15) is 22.3 Å². The SMILES string of the molecule is C=CCc1cc(CN2CCOCCOCCN(Cc3cc(CC=C)cc(OC)c3O)CCOCCOCC2)c(O)c(OC)c1. The van der Waals surface area contributed by atoms with E-state index in [-0.39, 0.29) is 11.5 Å². The Kier molecular flexibility index (Phi) is 16.1. The van der Waals surface area contributed by atoms with Gasteiger partial charge in [0.15, 0.2) is 23.0 Å². The zero-order valence-electron chi connectivity index (χ0n) is 26.4. The van der Waals surface area contributed by atoms with Crippen LogP contribution >= 0.6 is 0 Å². The van der Waals surface area contributed by atoms with Crippen LogP contribution in [-0.4, -0.2) is 113 Å². The molecule has 2 aromatic carbocycles. The maximum atomic E-state index is 10.8. The molecule has 0 radical (unpaired) electrons. The van der Waals surface area contributed by atoms with Crippen LogP contribution in [0.2, 0.25) is 0 Å². The number of nitrogens with zero attached hydrogens (tertiary/aromatic N) is 2. The number of hydrogen-bond acceptors (Lipinski definition) is 10. The van der Waals surface area contributed by atoms with E-state index in [1.165, 1.54) is 0 Å². The van der Waals surface area contributed by atoms with Crippen LogP contribution in [-0.2, 0) is 44.9 Å². The fourth-order valence-electron chi connectivity index (χ4n) is 5.02. The van der Waals surface area contributed by atoms with E-state index >= 15 is 0 Å². The van der Waals surface area contributed by atoms with Gasteiger partial charge in [-0.15, -0.1) is 13.2 Å². The molecule has 0 unspecified atom stereocenters. The number of rotatable bonds is 10. The average molecular weight is 615 g/mol. The second-order valence-electron chi connectivity index (χ2n) is 10.6. The molecule has 3 rings (SSSR count).